The summed E-state index contributed by atoms with van der Waals surface area (Å²) in [6.07, 6.45) is 8.31. The summed E-state index contributed by atoms with van der Waals surface area (Å²) in [6, 6.07) is 6.71. The first kappa shape index (κ1) is 21.0. The Labute approximate surface area is 174 Å². The fraction of sp³-hybridized carbons (Fsp3) is 0.381. The molecule has 152 valence electrons. The summed E-state index contributed by atoms with van der Waals surface area (Å²) in [6.45, 7) is 3.52. The number of thioether (sulfide) groups is 1. The summed E-state index contributed by atoms with van der Waals surface area (Å²) >= 11 is 1.37. The Morgan fingerprint density at radius 1 is 1.21 bits per heavy atom. The molecule has 1 amide bonds. The highest BCUT2D eigenvalue weighted by molar-refractivity contribution is 8.26. The van der Waals surface area contributed by atoms with Gasteiger partial charge >= 0.3 is 5.97 Å². The standard InChI is InChI=1S/C21H24N4O3S/c1-3-4-5-6-7-8-18-24-25-19(22)17(20(27)23-21(25)29-18)13-15-9-11-16(12-10-15)28-14(2)26/h9-13,22H,3-8H2,1-2H3/b17-13-,22-19?. The second-order valence-corrected chi connectivity index (χ2v) is 7.88. The Kier molecular flexibility index (Phi) is 6.98. The Hall–Kier alpha value is -2.74. The molecule has 0 fully saturated rings. The van der Waals surface area contributed by atoms with E-state index in [1.807, 2.05) is 0 Å². The van der Waals surface area contributed by atoms with E-state index >= 15 is 0 Å². The number of esters is 1. The van der Waals surface area contributed by atoms with Crippen LogP contribution < -0.4 is 4.74 Å². The number of nitrogens with zero attached hydrogens (tertiary/aromatic N) is 3. The largest absolute Gasteiger partial charge is 0.427 e. The van der Waals surface area contributed by atoms with Crippen LogP contribution in [0.25, 0.3) is 6.08 Å². The van der Waals surface area contributed by atoms with Crippen LogP contribution in [0.15, 0.2) is 39.9 Å². The molecule has 0 aromatic heterocycles. The number of ether oxygens (including phenoxy) is 1. The lowest BCUT2D eigenvalue weighted by Crippen LogP contribution is -2.35. The van der Waals surface area contributed by atoms with Crippen LogP contribution in [0, 0.1) is 5.41 Å². The molecule has 0 saturated carbocycles. The van der Waals surface area contributed by atoms with Gasteiger partial charge in [-0.05, 0) is 48.4 Å². The van der Waals surface area contributed by atoms with Crippen LogP contribution in [0.5, 0.6) is 5.75 Å². The fourth-order valence-corrected chi connectivity index (χ4v) is 3.90. The molecule has 0 unspecified atom stereocenters. The molecule has 1 aromatic rings. The van der Waals surface area contributed by atoms with Crippen LogP contribution in [0.4, 0.5) is 0 Å². The molecule has 0 saturated heterocycles. The Balaban J connectivity index is 1.69. The molecule has 2 heterocycles. The maximum atomic E-state index is 12.4. The second-order valence-electron chi connectivity index (χ2n) is 6.84. The molecule has 0 spiro atoms. The van der Waals surface area contributed by atoms with Crippen molar-refractivity contribution in [2.24, 2.45) is 10.1 Å². The molecule has 0 aliphatic carbocycles. The number of aliphatic imine (C=N–C) groups is 1. The number of carbonyl (C=O) groups excluding carboxylic acids is 2. The molecule has 1 aromatic carbocycles. The number of rotatable bonds is 8. The quantitative estimate of drug-likeness (QED) is 0.292. The normalized spacial score (nSPS) is 17.3. The van der Waals surface area contributed by atoms with E-state index in [1.165, 1.54) is 43.0 Å². The molecule has 2 aliphatic heterocycles. The molecule has 0 atom stereocenters. The lowest BCUT2D eigenvalue weighted by atomic mass is 10.1. The van der Waals surface area contributed by atoms with Gasteiger partial charge in [-0.15, -0.1) is 0 Å². The summed E-state index contributed by atoms with van der Waals surface area (Å²) in [5.41, 5.74) is 0.891. The molecule has 29 heavy (non-hydrogen) atoms. The predicted octanol–water partition coefficient (Wildman–Crippen LogP) is 4.59. The number of amides is 1. The maximum absolute atomic E-state index is 12.4. The van der Waals surface area contributed by atoms with Crippen LogP contribution in [-0.4, -0.2) is 32.9 Å². The van der Waals surface area contributed by atoms with Crippen molar-refractivity contribution in [2.75, 3.05) is 0 Å². The first-order valence-electron chi connectivity index (χ1n) is 9.75. The minimum absolute atomic E-state index is 0.0255. The summed E-state index contributed by atoms with van der Waals surface area (Å²) < 4.78 is 5.00. The monoisotopic (exact) mass is 412 g/mol. The third-order valence-electron chi connectivity index (χ3n) is 4.44. The third kappa shape index (κ3) is 5.41. The lowest BCUT2D eigenvalue weighted by molar-refractivity contribution is -0.131. The maximum Gasteiger partial charge on any atom is 0.308 e. The topological polar surface area (TPSA) is 95.2 Å². The molecular weight excluding hydrogens is 388 g/mol. The lowest BCUT2D eigenvalue weighted by Gasteiger charge is -2.20. The number of fused-ring (bicyclic) bond motifs is 1. The van der Waals surface area contributed by atoms with Gasteiger partial charge in [0.05, 0.1) is 5.57 Å². The zero-order valence-electron chi connectivity index (χ0n) is 16.6. The first-order chi connectivity index (χ1) is 14.0. The Morgan fingerprint density at radius 3 is 2.62 bits per heavy atom. The zero-order chi connectivity index (χ0) is 20.8. The molecule has 1 N–H and O–H groups in total. The van der Waals surface area contributed by atoms with Crippen LogP contribution in [0.2, 0.25) is 0 Å². The number of amidine groups is 2. The van der Waals surface area contributed by atoms with Crippen LogP contribution in [-0.2, 0) is 9.59 Å². The average molecular weight is 413 g/mol. The minimum atomic E-state index is -0.447. The van der Waals surface area contributed by atoms with E-state index in [0.29, 0.717) is 16.5 Å². The Bertz CT molecular complexity index is 903. The number of hydrazone groups is 1. The van der Waals surface area contributed by atoms with Crippen molar-refractivity contribution in [3.05, 3.63) is 35.4 Å². The summed E-state index contributed by atoms with van der Waals surface area (Å²) in [5, 5.41) is 15.7. The van der Waals surface area contributed by atoms with Crippen molar-refractivity contribution in [1.29, 1.82) is 5.41 Å². The number of hydrogen-bond acceptors (Lipinski definition) is 6. The highest BCUT2D eigenvalue weighted by atomic mass is 32.2. The van der Waals surface area contributed by atoms with Gasteiger partial charge in [-0.2, -0.15) is 15.1 Å². The zero-order valence-corrected chi connectivity index (χ0v) is 17.4. The van der Waals surface area contributed by atoms with Gasteiger partial charge in [-0.3, -0.25) is 15.0 Å². The molecule has 0 bridgehead atoms. The average Bonchev–Trinajstić information content (AvgIpc) is 3.09. The first-order valence-corrected chi connectivity index (χ1v) is 10.6. The minimum Gasteiger partial charge on any atom is -0.427 e. The molecular formula is C21H24N4O3S. The summed E-state index contributed by atoms with van der Waals surface area (Å²) in [7, 11) is 0. The highest BCUT2D eigenvalue weighted by Crippen LogP contribution is 2.30. The summed E-state index contributed by atoms with van der Waals surface area (Å²) in [4.78, 5) is 27.6. The van der Waals surface area contributed by atoms with Crippen molar-refractivity contribution < 1.29 is 14.3 Å². The SMILES string of the molecule is CCCCCCCC1=NN2C(=N)/C(=C/c3ccc(OC(C)=O)cc3)C(=O)N=C2S1. The van der Waals surface area contributed by atoms with Crippen LogP contribution in [0.3, 0.4) is 0 Å². The fourth-order valence-electron chi connectivity index (χ4n) is 2.98. The molecule has 2 aliphatic rings. The number of unbranched alkanes of at least 4 members (excludes halogenated alkanes) is 4. The van der Waals surface area contributed by atoms with E-state index in [-0.39, 0.29) is 11.4 Å². The van der Waals surface area contributed by atoms with Gasteiger partial charge in [0.2, 0.25) is 5.17 Å². The van der Waals surface area contributed by atoms with Crippen molar-refractivity contribution in [3.8, 4) is 5.75 Å². The van der Waals surface area contributed by atoms with Crippen LogP contribution in [0.1, 0.15) is 57.9 Å². The van der Waals surface area contributed by atoms with E-state index in [2.05, 4.69) is 17.0 Å². The highest BCUT2D eigenvalue weighted by Gasteiger charge is 2.35. The van der Waals surface area contributed by atoms with Gasteiger partial charge in [0.1, 0.15) is 10.8 Å². The molecule has 0 radical (unpaired) electrons. The van der Waals surface area contributed by atoms with Gasteiger partial charge in [-0.25, -0.2) is 0 Å². The van der Waals surface area contributed by atoms with E-state index in [1.54, 1.807) is 30.3 Å². The van der Waals surface area contributed by atoms with Crippen molar-refractivity contribution in [1.82, 2.24) is 5.01 Å². The van der Waals surface area contributed by atoms with Gasteiger partial charge in [0.15, 0.2) is 5.84 Å². The number of nitrogens with one attached hydrogen (secondary N) is 1. The second kappa shape index (κ2) is 9.65. The van der Waals surface area contributed by atoms with E-state index in [4.69, 9.17) is 10.1 Å². The number of hydrogen-bond donors (Lipinski definition) is 1. The molecule has 3 rings (SSSR count). The summed E-state index contributed by atoms with van der Waals surface area (Å²) in [5.74, 6) is -0.392. The van der Waals surface area contributed by atoms with Crippen molar-refractivity contribution in [2.45, 2.75) is 52.4 Å². The molecule has 8 heteroatoms. The van der Waals surface area contributed by atoms with Gasteiger partial charge < -0.3 is 4.74 Å². The van der Waals surface area contributed by atoms with Crippen molar-refractivity contribution >= 4 is 45.8 Å². The predicted molar refractivity (Wildman–Crippen MR) is 116 cm³/mol. The van der Waals surface area contributed by atoms with E-state index in [9.17, 15) is 9.59 Å². The van der Waals surface area contributed by atoms with Crippen LogP contribution >= 0.6 is 11.8 Å². The smallest absolute Gasteiger partial charge is 0.308 e. The molecule has 7 nitrogen and oxygen atoms in total. The van der Waals surface area contributed by atoms with Gasteiger partial charge in [0, 0.05) is 6.92 Å². The third-order valence-corrected chi connectivity index (χ3v) is 5.41. The van der Waals surface area contributed by atoms with Crippen molar-refractivity contribution in [3.63, 3.8) is 0 Å². The Morgan fingerprint density at radius 2 is 1.93 bits per heavy atom. The van der Waals surface area contributed by atoms with Gasteiger partial charge in [0.25, 0.3) is 5.91 Å². The number of carbonyl (C=O) groups is 2. The van der Waals surface area contributed by atoms with Gasteiger partial charge in [-0.1, -0.05) is 44.7 Å². The number of benzene rings is 1. The van der Waals surface area contributed by atoms with E-state index in [0.717, 1.165) is 24.3 Å². The van der Waals surface area contributed by atoms with E-state index < -0.39 is 11.9 Å².